The van der Waals surface area contributed by atoms with Crippen molar-refractivity contribution in [2.45, 2.75) is 19.0 Å². The molecule has 0 saturated carbocycles. The number of carboxylic acid groups (broad SMARTS) is 1. The lowest BCUT2D eigenvalue weighted by Gasteiger charge is -2.15. The Morgan fingerprint density at radius 2 is 2.47 bits per heavy atom. The molecule has 3 N–H and O–H groups in total. The van der Waals surface area contributed by atoms with Crippen molar-refractivity contribution in [3.63, 3.8) is 0 Å². The van der Waals surface area contributed by atoms with E-state index >= 15 is 0 Å². The largest absolute Gasteiger partial charge is 0.476 e. The first-order chi connectivity index (χ1) is 8.17. The van der Waals surface area contributed by atoms with E-state index < -0.39 is 5.97 Å². The van der Waals surface area contributed by atoms with Crippen LogP contribution in [0.15, 0.2) is 10.6 Å². The van der Waals surface area contributed by atoms with Gasteiger partial charge in [0.05, 0.1) is 13.2 Å². The molecular formula is C10H16N2O5. The monoisotopic (exact) mass is 244 g/mol. The van der Waals surface area contributed by atoms with Gasteiger partial charge < -0.3 is 24.8 Å². The van der Waals surface area contributed by atoms with Crippen molar-refractivity contribution in [3.8, 4) is 0 Å². The van der Waals surface area contributed by atoms with Gasteiger partial charge in [-0.3, -0.25) is 0 Å². The van der Waals surface area contributed by atoms with E-state index in [-0.39, 0.29) is 18.3 Å². The molecule has 0 aliphatic rings. The fourth-order valence-corrected chi connectivity index (χ4v) is 1.34. The number of carboxylic acids is 1. The second-order valence-electron chi connectivity index (χ2n) is 3.53. The minimum absolute atomic E-state index is 0.0108. The smallest absolute Gasteiger partial charge is 0.358 e. The van der Waals surface area contributed by atoms with Crippen LogP contribution in [-0.4, -0.2) is 47.7 Å². The number of nitrogens with one attached hydrogen (secondary N) is 1. The minimum Gasteiger partial charge on any atom is -0.476 e. The first-order valence-corrected chi connectivity index (χ1v) is 5.19. The average Bonchev–Trinajstić information content (AvgIpc) is 2.75. The predicted octanol–water partition coefficient (Wildman–Crippen LogP) is -0.140. The van der Waals surface area contributed by atoms with E-state index in [1.54, 1.807) is 7.11 Å². The molecule has 7 nitrogen and oxygen atoms in total. The van der Waals surface area contributed by atoms with Gasteiger partial charge in [-0.15, -0.1) is 0 Å². The summed E-state index contributed by atoms with van der Waals surface area (Å²) >= 11 is 0. The van der Waals surface area contributed by atoms with Crippen LogP contribution in [0.3, 0.4) is 0 Å². The molecule has 0 spiro atoms. The molecular weight excluding hydrogens is 228 g/mol. The summed E-state index contributed by atoms with van der Waals surface area (Å²) in [5.74, 6) is -0.690. The second-order valence-corrected chi connectivity index (χ2v) is 3.53. The van der Waals surface area contributed by atoms with Crippen LogP contribution in [-0.2, 0) is 11.3 Å². The topological polar surface area (TPSA) is 105 Å². The molecule has 0 fully saturated rings. The molecule has 0 radical (unpaired) electrons. The molecule has 1 aromatic heterocycles. The minimum atomic E-state index is -1.12. The quantitative estimate of drug-likeness (QED) is 0.584. The van der Waals surface area contributed by atoms with Gasteiger partial charge in [0.25, 0.3) is 0 Å². The van der Waals surface area contributed by atoms with Crippen molar-refractivity contribution in [3.05, 3.63) is 17.5 Å². The van der Waals surface area contributed by atoms with E-state index in [0.29, 0.717) is 25.3 Å². The molecule has 0 aliphatic heterocycles. The van der Waals surface area contributed by atoms with Crippen molar-refractivity contribution < 1.29 is 24.3 Å². The van der Waals surface area contributed by atoms with Gasteiger partial charge in [-0.25, -0.2) is 4.79 Å². The van der Waals surface area contributed by atoms with Gasteiger partial charge in [-0.2, -0.15) is 0 Å². The Bertz CT molecular complexity index is 346. The zero-order valence-corrected chi connectivity index (χ0v) is 9.55. The lowest BCUT2D eigenvalue weighted by molar-refractivity contribution is 0.0685. The van der Waals surface area contributed by atoms with Crippen LogP contribution in [0.5, 0.6) is 0 Å². The second kappa shape index (κ2) is 7.00. The van der Waals surface area contributed by atoms with Gasteiger partial charge >= 0.3 is 5.97 Å². The van der Waals surface area contributed by atoms with Crippen molar-refractivity contribution in [2.24, 2.45) is 0 Å². The highest BCUT2D eigenvalue weighted by Gasteiger charge is 2.12. The Balaban J connectivity index is 2.44. The highest BCUT2D eigenvalue weighted by atomic mass is 16.5. The van der Waals surface area contributed by atoms with Gasteiger partial charge in [-0.1, -0.05) is 5.16 Å². The van der Waals surface area contributed by atoms with Crippen molar-refractivity contribution in [2.75, 3.05) is 20.3 Å². The molecule has 0 bridgehead atoms. The summed E-state index contributed by atoms with van der Waals surface area (Å²) in [5, 5.41) is 23.9. The van der Waals surface area contributed by atoms with Crippen LogP contribution in [0.2, 0.25) is 0 Å². The summed E-state index contributed by atoms with van der Waals surface area (Å²) in [6.07, 6.45) is 0.549. The molecule has 0 saturated heterocycles. The fraction of sp³-hybridized carbons (Fsp3) is 0.600. The zero-order chi connectivity index (χ0) is 12.7. The molecule has 7 heteroatoms. The maximum Gasteiger partial charge on any atom is 0.358 e. The van der Waals surface area contributed by atoms with E-state index in [2.05, 4.69) is 10.5 Å². The standard InChI is InChI=1S/C10H16N2O5/c1-16-6-7(2-3-13)11-5-8-4-9(10(14)15)12-17-8/h4,7,11,13H,2-3,5-6H2,1H3,(H,14,15). The number of hydrogen-bond acceptors (Lipinski definition) is 6. The van der Waals surface area contributed by atoms with Crippen molar-refractivity contribution >= 4 is 5.97 Å². The van der Waals surface area contributed by atoms with E-state index in [1.165, 1.54) is 6.07 Å². The number of methoxy groups -OCH3 is 1. The van der Waals surface area contributed by atoms with E-state index in [9.17, 15) is 4.79 Å². The first-order valence-electron chi connectivity index (χ1n) is 5.19. The van der Waals surface area contributed by atoms with Gasteiger partial charge in [-0.05, 0) is 6.42 Å². The van der Waals surface area contributed by atoms with Gasteiger partial charge in [0.15, 0.2) is 11.5 Å². The molecule has 1 aromatic rings. The van der Waals surface area contributed by atoms with Crippen molar-refractivity contribution in [1.29, 1.82) is 0 Å². The highest BCUT2D eigenvalue weighted by Crippen LogP contribution is 2.04. The molecule has 17 heavy (non-hydrogen) atoms. The lowest BCUT2D eigenvalue weighted by atomic mass is 10.2. The van der Waals surface area contributed by atoms with Crippen LogP contribution in [0.25, 0.3) is 0 Å². The molecule has 1 rings (SSSR count). The van der Waals surface area contributed by atoms with Crippen LogP contribution >= 0.6 is 0 Å². The first kappa shape index (κ1) is 13.6. The predicted molar refractivity (Wildman–Crippen MR) is 57.7 cm³/mol. The van der Waals surface area contributed by atoms with Crippen molar-refractivity contribution in [1.82, 2.24) is 10.5 Å². The molecule has 0 aliphatic carbocycles. The number of aromatic carboxylic acids is 1. The molecule has 1 unspecified atom stereocenters. The molecule has 0 aromatic carbocycles. The van der Waals surface area contributed by atoms with Crippen LogP contribution < -0.4 is 5.32 Å². The van der Waals surface area contributed by atoms with Crippen LogP contribution in [0.4, 0.5) is 0 Å². The summed E-state index contributed by atoms with van der Waals surface area (Å²) in [6, 6.07) is 1.35. The van der Waals surface area contributed by atoms with Gasteiger partial charge in [0, 0.05) is 25.8 Å². The summed E-state index contributed by atoms with van der Waals surface area (Å²) < 4.78 is 9.81. The highest BCUT2D eigenvalue weighted by molar-refractivity contribution is 5.85. The van der Waals surface area contributed by atoms with Gasteiger partial charge in [0.2, 0.25) is 0 Å². The maximum atomic E-state index is 10.6. The molecule has 1 atom stereocenters. The summed E-state index contributed by atoms with van der Waals surface area (Å²) in [7, 11) is 1.57. The third kappa shape index (κ3) is 4.51. The Labute approximate surface area is 98.4 Å². The summed E-state index contributed by atoms with van der Waals surface area (Å²) in [4.78, 5) is 10.6. The maximum absolute atomic E-state index is 10.6. The lowest BCUT2D eigenvalue weighted by Crippen LogP contribution is -2.33. The summed E-state index contributed by atoms with van der Waals surface area (Å²) in [5.41, 5.74) is -0.118. The molecule has 96 valence electrons. The number of carbonyl (C=O) groups is 1. The SMILES string of the molecule is COCC(CCO)NCc1cc(C(=O)O)no1. The Morgan fingerprint density at radius 1 is 1.71 bits per heavy atom. The number of ether oxygens (including phenoxy) is 1. The molecule has 0 amide bonds. The number of aliphatic hydroxyl groups excluding tert-OH is 1. The van der Waals surface area contributed by atoms with Crippen LogP contribution in [0, 0.1) is 0 Å². The number of nitrogens with zero attached hydrogens (tertiary/aromatic N) is 1. The fourth-order valence-electron chi connectivity index (χ4n) is 1.34. The summed E-state index contributed by atoms with van der Waals surface area (Å²) in [6.45, 7) is 0.854. The Morgan fingerprint density at radius 3 is 3.00 bits per heavy atom. The van der Waals surface area contributed by atoms with Gasteiger partial charge in [0.1, 0.15) is 0 Å². The zero-order valence-electron chi connectivity index (χ0n) is 9.55. The van der Waals surface area contributed by atoms with E-state index in [1.807, 2.05) is 0 Å². The van der Waals surface area contributed by atoms with E-state index in [4.69, 9.17) is 19.5 Å². The number of aliphatic hydroxyl groups is 1. The number of aromatic nitrogens is 1. The Hall–Kier alpha value is -1.44. The number of hydrogen-bond donors (Lipinski definition) is 3. The number of rotatable bonds is 8. The average molecular weight is 244 g/mol. The molecule has 1 heterocycles. The normalized spacial score (nSPS) is 12.6. The van der Waals surface area contributed by atoms with Crippen LogP contribution in [0.1, 0.15) is 22.7 Å². The third-order valence-corrected chi connectivity index (χ3v) is 2.19. The van der Waals surface area contributed by atoms with E-state index in [0.717, 1.165) is 0 Å². The third-order valence-electron chi connectivity index (χ3n) is 2.19. The Kier molecular flexibility index (Phi) is 5.61.